The van der Waals surface area contributed by atoms with Crippen molar-refractivity contribution in [2.45, 2.75) is 11.4 Å². The first-order chi connectivity index (χ1) is 16.1. The van der Waals surface area contributed by atoms with Crippen molar-refractivity contribution >= 4 is 46.3 Å². The standard InChI is InChI=1S/C24H24N4O3S2/c1-31-20-8-4-2-6-18(20)26-10-12-27(13-11-26)24(30)17-15-33-22(25-17)14-28-19-7-3-5-9-21(19)32-16-23(28)29/h2-9,15H,10-14,16H2,1H3. The molecule has 0 unspecified atom stereocenters. The molecule has 33 heavy (non-hydrogen) atoms. The molecule has 2 aromatic carbocycles. The van der Waals surface area contributed by atoms with Gasteiger partial charge in [-0.05, 0) is 24.3 Å². The van der Waals surface area contributed by atoms with E-state index in [1.807, 2.05) is 53.4 Å². The van der Waals surface area contributed by atoms with Crippen LogP contribution in [-0.2, 0) is 11.3 Å². The fourth-order valence-corrected chi connectivity index (χ4v) is 5.84. The molecule has 170 valence electrons. The molecular formula is C24H24N4O3S2. The highest BCUT2D eigenvalue weighted by Gasteiger charge is 2.28. The van der Waals surface area contributed by atoms with Crippen molar-refractivity contribution < 1.29 is 14.3 Å². The number of carbonyl (C=O) groups excluding carboxylic acids is 2. The van der Waals surface area contributed by atoms with Gasteiger partial charge in [0.25, 0.3) is 5.91 Å². The molecular weight excluding hydrogens is 456 g/mol. The van der Waals surface area contributed by atoms with Crippen LogP contribution >= 0.6 is 23.1 Å². The van der Waals surface area contributed by atoms with Crippen molar-refractivity contribution in [3.63, 3.8) is 0 Å². The molecule has 0 saturated carbocycles. The largest absolute Gasteiger partial charge is 0.495 e. The second kappa shape index (κ2) is 9.44. The average Bonchev–Trinajstić information content (AvgIpc) is 3.34. The molecule has 9 heteroatoms. The van der Waals surface area contributed by atoms with Crippen LogP contribution in [0.4, 0.5) is 11.4 Å². The first kappa shape index (κ1) is 21.8. The summed E-state index contributed by atoms with van der Waals surface area (Å²) in [4.78, 5) is 37.2. The third-order valence-corrected chi connectivity index (χ3v) is 7.75. The maximum atomic E-state index is 13.1. The van der Waals surface area contributed by atoms with Gasteiger partial charge >= 0.3 is 0 Å². The van der Waals surface area contributed by atoms with E-state index in [4.69, 9.17) is 4.74 Å². The zero-order valence-electron chi connectivity index (χ0n) is 18.3. The summed E-state index contributed by atoms with van der Waals surface area (Å²) in [5.74, 6) is 1.27. The minimum absolute atomic E-state index is 0.0573. The number of methoxy groups -OCH3 is 1. The molecule has 1 aromatic heterocycles. The summed E-state index contributed by atoms with van der Waals surface area (Å²) in [6.07, 6.45) is 0. The van der Waals surface area contributed by atoms with Crippen LogP contribution in [0.2, 0.25) is 0 Å². The smallest absolute Gasteiger partial charge is 0.273 e. The van der Waals surface area contributed by atoms with Crippen LogP contribution in [0, 0.1) is 0 Å². The fourth-order valence-electron chi connectivity index (χ4n) is 4.15. The summed E-state index contributed by atoms with van der Waals surface area (Å²) >= 11 is 2.99. The summed E-state index contributed by atoms with van der Waals surface area (Å²) in [7, 11) is 1.67. The number of rotatable bonds is 5. The van der Waals surface area contributed by atoms with Crippen LogP contribution in [0.15, 0.2) is 58.8 Å². The molecule has 0 N–H and O–H groups in total. The van der Waals surface area contributed by atoms with Crippen LogP contribution in [0.3, 0.4) is 0 Å². The first-order valence-electron chi connectivity index (χ1n) is 10.8. The number of aromatic nitrogens is 1. The Morgan fingerprint density at radius 1 is 1.03 bits per heavy atom. The van der Waals surface area contributed by atoms with E-state index in [9.17, 15) is 9.59 Å². The molecule has 2 amide bonds. The minimum Gasteiger partial charge on any atom is -0.495 e. The van der Waals surface area contributed by atoms with Gasteiger partial charge in [0.05, 0.1) is 30.8 Å². The molecule has 0 bridgehead atoms. The van der Waals surface area contributed by atoms with Gasteiger partial charge < -0.3 is 19.4 Å². The Kier molecular flexibility index (Phi) is 6.24. The first-order valence-corrected chi connectivity index (χ1v) is 12.6. The van der Waals surface area contributed by atoms with E-state index in [1.165, 1.54) is 11.3 Å². The molecule has 1 saturated heterocycles. The van der Waals surface area contributed by atoms with Gasteiger partial charge in [-0.3, -0.25) is 9.59 Å². The van der Waals surface area contributed by atoms with Crippen molar-refractivity contribution in [1.82, 2.24) is 9.88 Å². The summed E-state index contributed by atoms with van der Waals surface area (Å²) in [5, 5.41) is 2.57. The van der Waals surface area contributed by atoms with Crippen LogP contribution in [0.25, 0.3) is 0 Å². The number of hydrogen-bond donors (Lipinski definition) is 0. The highest BCUT2D eigenvalue weighted by atomic mass is 32.2. The Hall–Kier alpha value is -3.04. The van der Waals surface area contributed by atoms with E-state index in [2.05, 4.69) is 9.88 Å². The molecule has 1 fully saturated rings. The zero-order valence-corrected chi connectivity index (χ0v) is 19.9. The molecule has 0 aliphatic carbocycles. The number of ether oxygens (including phenoxy) is 1. The Morgan fingerprint density at radius 2 is 1.76 bits per heavy atom. The fraction of sp³-hybridized carbons (Fsp3) is 0.292. The molecule has 0 atom stereocenters. The van der Waals surface area contributed by atoms with E-state index in [0.717, 1.165) is 40.1 Å². The quantitative estimate of drug-likeness (QED) is 0.554. The molecule has 0 radical (unpaired) electrons. The van der Waals surface area contributed by atoms with E-state index in [-0.39, 0.29) is 11.8 Å². The lowest BCUT2D eigenvalue weighted by Crippen LogP contribution is -2.49. The molecule has 0 spiro atoms. The normalized spacial score (nSPS) is 16.0. The zero-order chi connectivity index (χ0) is 22.8. The summed E-state index contributed by atoms with van der Waals surface area (Å²) in [6.45, 7) is 3.10. The number of hydrogen-bond acceptors (Lipinski definition) is 7. The maximum Gasteiger partial charge on any atom is 0.273 e. The van der Waals surface area contributed by atoms with Gasteiger partial charge in [-0.15, -0.1) is 23.1 Å². The van der Waals surface area contributed by atoms with Gasteiger partial charge in [-0.1, -0.05) is 24.3 Å². The van der Waals surface area contributed by atoms with Crippen LogP contribution in [0.1, 0.15) is 15.5 Å². The van der Waals surface area contributed by atoms with Crippen LogP contribution < -0.4 is 14.5 Å². The lowest BCUT2D eigenvalue weighted by Gasteiger charge is -2.36. The summed E-state index contributed by atoms with van der Waals surface area (Å²) in [5.41, 5.74) is 2.41. The van der Waals surface area contributed by atoms with Gasteiger partial charge in [0.2, 0.25) is 5.91 Å². The second-order valence-electron chi connectivity index (χ2n) is 7.81. The van der Waals surface area contributed by atoms with Gasteiger partial charge in [0.15, 0.2) is 0 Å². The lowest BCUT2D eigenvalue weighted by atomic mass is 10.2. The minimum atomic E-state index is -0.0573. The molecule has 5 rings (SSSR count). The topological polar surface area (TPSA) is 66.0 Å². The van der Waals surface area contributed by atoms with Gasteiger partial charge in [-0.25, -0.2) is 4.98 Å². The third-order valence-electron chi connectivity index (χ3n) is 5.87. The third kappa shape index (κ3) is 4.43. The Balaban J connectivity index is 1.24. The Bertz CT molecular complexity index is 1170. The van der Waals surface area contributed by atoms with E-state index >= 15 is 0 Å². The summed E-state index contributed by atoms with van der Waals surface area (Å²) < 4.78 is 5.48. The number of para-hydroxylation sites is 3. The average molecular weight is 481 g/mol. The number of amides is 2. The van der Waals surface area contributed by atoms with Crippen molar-refractivity contribution in [2.24, 2.45) is 0 Å². The van der Waals surface area contributed by atoms with Crippen LogP contribution in [-0.4, -0.2) is 60.7 Å². The number of benzene rings is 2. The van der Waals surface area contributed by atoms with Crippen molar-refractivity contribution in [1.29, 1.82) is 0 Å². The van der Waals surface area contributed by atoms with Crippen molar-refractivity contribution in [3.8, 4) is 5.75 Å². The predicted molar refractivity (Wildman–Crippen MR) is 132 cm³/mol. The number of thiazole rings is 1. The van der Waals surface area contributed by atoms with Gasteiger partial charge in [0.1, 0.15) is 16.5 Å². The molecule has 3 aromatic rings. The van der Waals surface area contributed by atoms with Crippen LogP contribution in [0.5, 0.6) is 5.75 Å². The highest BCUT2D eigenvalue weighted by Crippen LogP contribution is 2.36. The number of anilines is 2. The number of fused-ring (bicyclic) bond motifs is 1. The monoisotopic (exact) mass is 480 g/mol. The number of nitrogens with zero attached hydrogens (tertiary/aromatic N) is 4. The molecule has 2 aliphatic rings. The predicted octanol–water partition coefficient (Wildman–Crippen LogP) is 3.75. The maximum absolute atomic E-state index is 13.1. The van der Waals surface area contributed by atoms with E-state index in [0.29, 0.717) is 31.1 Å². The molecule has 2 aliphatic heterocycles. The highest BCUT2D eigenvalue weighted by molar-refractivity contribution is 8.00. The lowest BCUT2D eigenvalue weighted by molar-refractivity contribution is -0.116. The number of thioether (sulfide) groups is 1. The number of carbonyl (C=O) groups is 2. The van der Waals surface area contributed by atoms with Gasteiger partial charge in [0, 0.05) is 36.5 Å². The SMILES string of the molecule is COc1ccccc1N1CCN(C(=O)c2csc(CN3C(=O)CSc4ccccc43)n2)CC1. The summed E-state index contributed by atoms with van der Waals surface area (Å²) in [6, 6.07) is 15.9. The molecule has 7 nitrogen and oxygen atoms in total. The Morgan fingerprint density at radius 3 is 2.55 bits per heavy atom. The Labute approximate surface area is 201 Å². The number of piperazine rings is 1. The van der Waals surface area contributed by atoms with E-state index < -0.39 is 0 Å². The van der Waals surface area contributed by atoms with Crippen molar-refractivity contribution in [2.75, 3.05) is 48.8 Å². The molecule has 3 heterocycles. The van der Waals surface area contributed by atoms with Gasteiger partial charge in [-0.2, -0.15) is 0 Å². The van der Waals surface area contributed by atoms with E-state index in [1.54, 1.807) is 29.2 Å². The second-order valence-corrected chi connectivity index (χ2v) is 9.77. The van der Waals surface area contributed by atoms with Crippen molar-refractivity contribution in [3.05, 3.63) is 64.6 Å².